The van der Waals surface area contributed by atoms with E-state index in [9.17, 15) is 56.2 Å². The lowest BCUT2D eigenvalue weighted by Crippen LogP contribution is -2.64. The zero-order chi connectivity index (χ0) is 25.4. The molecule has 0 spiro atoms. The summed E-state index contributed by atoms with van der Waals surface area (Å²) in [6.07, 6.45) is -22.3. The molecule has 14 atom stereocenters. The molecule has 5 unspecified atom stereocenters. The van der Waals surface area contributed by atoms with E-state index in [1.165, 1.54) is 0 Å². The third-order valence-electron chi connectivity index (χ3n) is 6.17. The Labute approximate surface area is 192 Å². The molecular formula is C18H32O16. The average Bonchev–Trinajstić information content (AvgIpc) is 3.10. The van der Waals surface area contributed by atoms with Gasteiger partial charge in [0.1, 0.15) is 73.8 Å². The number of hydrogen-bond donors (Lipinski definition) is 11. The fourth-order valence-electron chi connectivity index (χ4n) is 4.12. The summed E-state index contributed by atoms with van der Waals surface area (Å²) in [4.78, 5) is 0. The summed E-state index contributed by atoms with van der Waals surface area (Å²) in [6, 6.07) is 0. The summed E-state index contributed by atoms with van der Waals surface area (Å²) in [5.41, 5.74) is 0. The van der Waals surface area contributed by atoms with E-state index in [2.05, 4.69) is 0 Å². The Balaban J connectivity index is 1.87. The molecule has 0 aromatic rings. The molecule has 11 N–H and O–H groups in total. The fourth-order valence-corrected chi connectivity index (χ4v) is 4.12. The number of aliphatic hydroxyl groups excluding tert-OH is 11. The molecule has 0 aliphatic carbocycles. The molecule has 0 bridgehead atoms. The first-order chi connectivity index (χ1) is 16.0. The fraction of sp³-hybridized carbons (Fsp3) is 1.00. The predicted molar refractivity (Wildman–Crippen MR) is 101 cm³/mol. The van der Waals surface area contributed by atoms with Gasteiger partial charge in [0.05, 0.1) is 19.8 Å². The Morgan fingerprint density at radius 2 is 1.03 bits per heavy atom. The molecular weight excluding hydrogens is 472 g/mol. The first-order valence-electron chi connectivity index (χ1n) is 10.6. The van der Waals surface area contributed by atoms with Crippen LogP contribution in [-0.2, 0) is 23.7 Å². The van der Waals surface area contributed by atoms with Crippen LogP contribution in [0, 0.1) is 0 Å². The Morgan fingerprint density at radius 3 is 1.50 bits per heavy atom. The number of hydrogen-bond acceptors (Lipinski definition) is 16. The third kappa shape index (κ3) is 4.96. The van der Waals surface area contributed by atoms with Crippen molar-refractivity contribution in [3.05, 3.63) is 0 Å². The molecule has 16 heteroatoms. The van der Waals surface area contributed by atoms with Crippen LogP contribution in [0.3, 0.4) is 0 Å². The molecule has 0 saturated carbocycles. The van der Waals surface area contributed by atoms with Crippen molar-refractivity contribution in [1.29, 1.82) is 0 Å². The van der Waals surface area contributed by atoms with Gasteiger partial charge in [-0.25, -0.2) is 0 Å². The number of rotatable bonds is 8. The molecule has 3 aliphatic rings. The van der Waals surface area contributed by atoms with Crippen molar-refractivity contribution in [3.63, 3.8) is 0 Å². The van der Waals surface area contributed by atoms with Gasteiger partial charge in [-0.15, -0.1) is 0 Å². The Kier molecular flexibility index (Phi) is 9.18. The van der Waals surface area contributed by atoms with E-state index in [1.54, 1.807) is 0 Å². The van der Waals surface area contributed by atoms with Gasteiger partial charge in [-0.3, -0.25) is 0 Å². The maximum Gasteiger partial charge on any atom is 0.224 e. The van der Waals surface area contributed by atoms with Crippen LogP contribution in [0.2, 0.25) is 0 Å². The van der Waals surface area contributed by atoms with Gasteiger partial charge >= 0.3 is 0 Å². The lowest BCUT2D eigenvalue weighted by molar-refractivity contribution is -0.400. The molecule has 3 rings (SSSR count). The van der Waals surface area contributed by atoms with Crippen molar-refractivity contribution >= 4 is 0 Å². The minimum atomic E-state index is -2.43. The Hall–Kier alpha value is -0.640. The SMILES string of the molecule is OCC1O[C@H](OC2[C@@H](O)[C@@H](CO)O[C@@]2(CO)O[C@@H]2OC(CO)[C@@H](O)[C@@H](O)C2O)C(O)[C@H](O)[C@@H]1O. The maximum atomic E-state index is 10.6. The molecule has 3 fully saturated rings. The smallest absolute Gasteiger partial charge is 0.224 e. The molecule has 3 saturated heterocycles. The van der Waals surface area contributed by atoms with Crippen molar-refractivity contribution in [2.75, 3.05) is 26.4 Å². The van der Waals surface area contributed by atoms with Gasteiger partial charge in [0.15, 0.2) is 12.6 Å². The monoisotopic (exact) mass is 504 g/mol. The van der Waals surface area contributed by atoms with Gasteiger partial charge < -0.3 is 79.9 Å². The summed E-state index contributed by atoms with van der Waals surface area (Å²) in [5, 5.41) is 109. The summed E-state index contributed by atoms with van der Waals surface area (Å²) in [5.74, 6) is -2.43. The second kappa shape index (κ2) is 11.2. The minimum Gasteiger partial charge on any atom is -0.394 e. The quantitative estimate of drug-likeness (QED) is 0.146. The lowest BCUT2D eigenvalue weighted by atomic mass is 9.98. The minimum absolute atomic E-state index is 0.777. The average molecular weight is 504 g/mol. The molecule has 0 aromatic carbocycles. The van der Waals surface area contributed by atoms with Crippen LogP contribution >= 0.6 is 0 Å². The van der Waals surface area contributed by atoms with Crippen LogP contribution in [0.4, 0.5) is 0 Å². The van der Waals surface area contributed by atoms with E-state index in [0.29, 0.717) is 0 Å². The maximum absolute atomic E-state index is 10.6. The number of aliphatic hydroxyl groups is 11. The lowest BCUT2D eigenvalue weighted by Gasteiger charge is -2.45. The van der Waals surface area contributed by atoms with Crippen molar-refractivity contribution in [3.8, 4) is 0 Å². The first kappa shape index (κ1) is 27.9. The van der Waals surface area contributed by atoms with E-state index in [4.69, 9.17) is 23.7 Å². The van der Waals surface area contributed by atoms with Crippen molar-refractivity contribution in [2.45, 2.75) is 85.5 Å². The first-order valence-corrected chi connectivity index (χ1v) is 10.6. The highest BCUT2D eigenvalue weighted by atomic mass is 16.8. The Morgan fingerprint density at radius 1 is 0.559 bits per heavy atom. The van der Waals surface area contributed by atoms with Crippen LogP contribution < -0.4 is 0 Å². The van der Waals surface area contributed by atoms with E-state index < -0.39 is 112 Å². The van der Waals surface area contributed by atoms with E-state index >= 15 is 0 Å². The summed E-state index contributed by atoms with van der Waals surface area (Å²) in [6.45, 7) is -3.49. The van der Waals surface area contributed by atoms with Gasteiger partial charge in [0.25, 0.3) is 0 Å². The Bertz CT molecular complexity index is 651. The van der Waals surface area contributed by atoms with Crippen LogP contribution in [0.1, 0.15) is 0 Å². The van der Waals surface area contributed by atoms with Crippen LogP contribution in [0.25, 0.3) is 0 Å². The number of ether oxygens (including phenoxy) is 5. The van der Waals surface area contributed by atoms with E-state index in [-0.39, 0.29) is 0 Å². The summed E-state index contributed by atoms with van der Waals surface area (Å²) < 4.78 is 27.0. The molecule has 200 valence electrons. The van der Waals surface area contributed by atoms with Gasteiger partial charge in [-0.1, -0.05) is 0 Å². The van der Waals surface area contributed by atoms with Gasteiger partial charge in [-0.05, 0) is 0 Å². The standard InChI is InChI=1S/C18H32O16/c19-1-5-8(23)11(26)13(28)16(30-5)32-15-10(25)7(3-21)33-18(15,4-22)34-17-14(29)12(27)9(24)6(2-20)31-17/h5-17,19-29H,1-4H2/t5?,6?,7-,8-,9-,10+,11-,12-,13?,14?,15?,16-,17+,18+/m1/s1. The van der Waals surface area contributed by atoms with E-state index in [0.717, 1.165) is 0 Å². The van der Waals surface area contributed by atoms with Crippen molar-refractivity contribution < 1.29 is 79.9 Å². The molecule has 3 heterocycles. The molecule has 0 amide bonds. The third-order valence-corrected chi connectivity index (χ3v) is 6.17. The largest absolute Gasteiger partial charge is 0.394 e. The second-order valence-electron chi connectivity index (χ2n) is 8.37. The molecule has 0 radical (unpaired) electrons. The second-order valence-corrected chi connectivity index (χ2v) is 8.37. The molecule has 16 nitrogen and oxygen atoms in total. The summed E-state index contributed by atoms with van der Waals surface area (Å²) in [7, 11) is 0. The molecule has 34 heavy (non-hydrogen) atoms. The van der Waals surface area contributed by atoms with E-state index in [1.807, 2.05) is 0 Å². The van der Waals surface area contributed by atoms with Crippen molar-refractivity contribution in [2.24, 2.45) is 0 Å². The highest BCUT2D eigenvalue weighted by molar-refractivity contribution is 5.01. The van der Waals surface area contributed by atoms with Crippen LogP contribution in [0.5, 0.6) is 0 Å². The highest BCUT2D eigenvalue weighted by Crippen LogP contribution is 2.39. The summed E-state index contributed by atoms with van der Waals surface area (Å²) >= 11 is 0. The van der Waals surface area contributed by atoms with Crippen LogP contribution in [0.15, 0.2) is 0 Å². The molecule has 3 aliphatic heterocycles. The zero-order valence-electron chi connectivity index (χ0n) is 17.8. The predicted octanol–water partition coefficient (Wildman–Crippen LogP) is -7.57. The zero-order valence-corrected chi connectivity index (χ0v) is 17.8. The van der Waals surface area contributed by atoms with Gasteiger partial charge in [-0.2, -0.15) is 0 Å². The van der Waals surface area contributed by atoms with Gasteiger partial charge in [0, 0.05) is 0 Å². The van der Waals surface area contributed by atoms with Crippen molar-refractivity contribution in [1.82, 2.24) is 0 Å². The topological polar surface area (TPSA) is 269 Å². The highest BCUT2D eigenvalue weighted by Gasteiger charge is 2.61. The van der Waals surface area contributed by atoms with Crippen LogP contribution in [-0.4, -0.2) is 168 Å². The normalized spacial score (nSPS) is 52.1. The molecule has 0 aromatic heterocycles. The van der Waals surface area contributed by atoms with Gasteiger partial charge in [0.2, 0.25) is 5.79 Å².